The number of ether oxygens (including phenoxy) is 1. The molecular weight excluding hydrogens is 338 g/mol. The van der Waals surface area contributed by atoms with Gasteiger partial charge in [0.2, 0.25) is 0 Å². The van der Waals surface area contributed by atoms with E-state index in [0.29, 0.717) is 25.3 Å². The average Bonchev–Trinajstić information content (AvgIpc) is 3.05. The molecule has 0 bridgehead atoms. The molecule has 1 aromatic heterocycles. The van der Waals surface area contributed by atoms with Crippen LogP contribution in [0.15, 0.2) is 65.7 Å². The number of phenolic OH excluding ortho intramolecular Hbond substituents is 1. The second kappa shape index (κ2) is 7.41. The molecule has 0 atom stereocenters. The Hall–Kier alpha value is -3.47. The summed E-state index contributed by atoms with van der Waals surface area (Å²) in [4.78, 5) is 7.79. The van der Waals surface area contributed by atoms with Gasteiger partial charge in [0.05, 0.1) is 17.7 Å². The molecule has 0 aliphatic rings. The molecule has 0 fully saturated rings. The summed E-state index contributed by atoms with van der Waals surface area (Å²) >= 11 is 0. The molecule has 1 heterocycles. The first-order valence-electron chi connectivity index (χ1n) is 8.89. The molecule has 0 unspecified atom stereocenters. The SMILES string of the molecule is Nc1cc(CC=NCCOc2ccc3c(c2)[nH]c2ccccc23)ccc1O. The highest BCUT2D eigenvalue weighted by Crippen LogP contribution is 2.28. The molecule has 0 saturated heterocycles. The Labute approximate surface area is 157 Å². The minimum atomic E-state index is 0.107. The van der Waals surface area contributed by atoms with Crippen molar-refractivity contribution in [3.8, 4) is 11.5 Å². The summed E-state index contributed by atoms with van der Waals surface area (Å²) in [7, 11) is 0. The maximum absolute atomic E-state index is 9.42. The number of benzene rings is 3. The van der Waals surface area contributed by atoms with Crippen LogP contribution in [-0.4, -0.2) is 29.5 Å². The fourth-order valence-corrected chi connectivity index (χ4v) is 3.13. The highest BCUT2D eigenvalue weighted by atomic mass is 16.5. The molecule has 4 aromatic rings. The van der Waals surface area contributed by atoms with E-state index in [2.05, 4.69) is 28.2 Å². The molecule has 5 nitrogen and oxygen atoms in total. The van der Waals surface area contributed by atoms with Crippen molar-refractivity contribution in [3.63, 3.8) is 0 Å². The van der Waals surface area contributed by atoms with Gasteiger partial charge in [-0.2, -0.15) is 0 Å². The van der Waals surface area contributed by atoms with Crippen LogP contribution in [0.2, 0.25) is 0 Å². The summed E-state index contributed by atoms with van der Waals surface area (Å²) in [5.74, 6) is 0.937. The fourth-order valence-electron chi connectivity index (χ4n) is 3.13. The van der Waals surface area contributed by atoms with Gasteiger partial charge in [0.15, 0.2) is 0 Å². The number of phenols is 1. The number of rotatable bonds is 6. The van der Waals surface area contributed by atoms with E-state index in [-0.39, 0.29) is 5.75 Å². The first-order chi connectivity index (χ1) is 13.2. The van der Waals surface area contributed by atoms with Crippen LogP contribution in [0.4, 0.5) is 5.69 Å². The van der Waals surface area contributed by atoms with Crippen molar-refractivity contribution in [2.75, 3.05) is 18.9 Å². The number of hydrogen-bond acceptors (Lipinski definition) is 4. The zero-order valence-electron chi connectivity index (χ0n) is 14.9. The highest BCUT2D eigenvalue weighted by molar-refractivity contribution is 6.07. The topological polar surface area (TPSA) is 83.6 Å². The predicted octanol–water partition coefficient (Wildman–Crippen LogP) is 4.30. The van der Waals surface area contributed by atoms with Gasteiger partial charge in [-0.3, -0.25) is 4.99 Å². The van der Waals surface area contributed by atoms with Crippen molar-refractivity contribution in [2.24, 2.45) is 4.99 Å². The number of nitrogens with zero attached hydrogens (tertiary/aromatic N) is 1. The molecular formula is C22H21N3O2. The van der Waals surface area contributed by atoms with Crippen molar-refractivity contribution < 1.29 is 9.84 Å². The Bertz CT molecular complexity index is 1120. The van der Waals surface area contributed by atoms with Crippen LogP contribution in [0.3, 0.4) is 0 Å². The number of aromatic hydroxyl groups is 1. The Kier molecular flexibility index (Phi) is 4.66. The van der Waals surface area contributed by atoms with Crippen molar-refractivity contribution in [2.45, 2.75) is 6.42 Å². The van der Waals surface area contributed by atoms with Crippen molar-refractivity contribution in [1.29, 1.82) is 0 Å². The van der Waals surface area contributed by atoms with Gasteiger partial charge in [0.1, 0.15) is 18.1 Å². The van der Waals surface area contributed by atoms with Gasteiger partial charge in [-0.25, -0.2) is 0 Å². The Morgan fingerprint density at radius 2 is 1.85 bits per heavy atom. The lowest BCUT2D eigenvalue weighted by molar-refractivity contribution is 0.329. The van der Waals surface area contributed by atoms with Crippen LogP contribution in [0, 0.1) is 0 Å². The summed E-state index contributed by atoms with van der Waals surface area (Å²) in [6.07, 6.45) is 2.52. The fraction of sp³-hybridized carbons (Fsp3) is 0.136. The Morgan fingerprint density at radius 3 is 2.74 bits per heavy atom. The summed E-state index contributed by atoms with van der Waals surface area (Å²) in [5.41, 5.74) is 9.28. The number of para-hydroxylation sites is 1. The molecule has 0 amide bonds. The third-order valence-electron chi connectivity index (χ3n) is 4.51. The summed E-state index contributed by atoms with van der Waals surface area (Å²) in [6, 6.07) is 19.6. The zero-order valence-corrected chi connectivity index (χ0v) is 14.9. The standard InChI is InChI=1S/C22H21N3O2/c23-19-13-15(5-8-22(19)26)9-10-24-11-12-27-16-6-7-18-17-3-1-2-4-20(17)25-21(18)14-16/h1-8,10,13-14,25-26H,9,11-12,23H2. The van der Waals surface area contributed by atoms with Crippen molar-refractivity contribution in [3.05, 3.63) is 66.2 Å². The van der Waals surface area contributed by atoms with E-state index in [1.165, 1.54) is 10.8 Å². The maximum Gasteiger partial charge on any atom is 0.138 e. The molecule has 0 aliphatic carbocycles. The van der Waals surface area contributed by atoms with Crippen LogP contribution < -0.4 is 10.5 Å². The van der Waals surface area contributed by atoms with Gasteiger partial charge in [-0.05, 0) is 35.9 Å². The van der Waals surface area contributed by atoms with Crippen LogP contribution in [-0.2, 0) is 6.42 Å². The van der Waals surface area contributed by atoms with Gasteiger partial charge < -0.3 is 20.6 Å². The zero-order chi connectivity index (χ0) is 18.6. The molecule has 0 aliphatic heterocycles. The van der Waals surface area contributed by atoms with E-state index >= 15 is 0 Å². The number of anilines is 1. The number of nitrogens with two attached hydrogens (primary N) is 1. The summed E-state index contributed by atoms with van der Waals surface area (Å²) in [6.45, 7) is 1.10. The van der Waals surface area contributed by atoms with Crippen LogP contribution in [0.1, 0.15) is 5.56 Å². The molecule has 4 rings (SSSR count). The quantitative estimate of drug-likeness (QED) is 0.208. The number of H-pyrrole nitrogens is 1. The van der Waals surface area contributed by atoms with Crippen LogP contribution >= 0.6 is 0 Å². The minimum Gasteiger partial charge on any atom is -0.506 e. The lowest BCUT2D eigenvalue weighted by Crippen LogP contribution is -2.01. The highest BCUT2D eigenvalue weighted by Gasteiger charge is 2.04. The number of hydrogen-bond donors (Lipinski definition) is 3. The lowest BCUT2D eigenvalue weighted by atomic mass is 10.1. The minimum absolute atomic E-state index is 0.107. The third kappa shape index (κ3) is 3.72. The average molecular weight is 359 g/mol. The summed E-state index contributed by atoms with van der Waals surface area (Å²) < 4.78 is 5.81. The monoisotopic (exact) mass is 359 g/mol. The molecule has 5 heteroatoms. The second-order valence-electron chi connectivity index (χ2n) is 6.41. The van der Waals surface area contributed by atoms with E-state index < -0.39 is 0 Å². The Morgan fingerprint density at radius 1 is 1.00 bits per heavy atom. The van der Waals surface area contributed by atoms with E-state index in [1.807, 2.05) is 36.5 Å². The van der Waals surface area contributed by atoms with Crippen molar-refractivity contribution in [1.82, 2.24) is 4.98 Å². The molecule has 4 N–H and O–H groups in total. The van der Waals surface area contributed by atoms with Gasteiger partial charge in [-0.1, -0.05) is 24.3 Å². The van der Waals surface area contributed by atoms with Crippen molar-refractivity contribution >= 4 is 33.7 Å². The first kappa shape index (κ1) is 17.0. The van der Waals surface area contributed by atoms with Gasteiger partial charge in [-0.15, -0.1) is 0 Å². The van der Waals surface area contributed by atoms with Gasteiger partial charge >= 0.3 is 0 Å². The van der Waals surface area contributed by atoms with Gasteiger partial charge in [0.25, 0.3) is 0 Å². The first-order valence-corrected chi connectivity index (χ1v) is 8.89. The number of fused-ring (bicyclic) bond motifs is 3. The Balaban J connectivity index is 1.32. The molecule has 0 radical (unpaired) electrons. The number of nitrogen functional groups attached to an aromatic ring is 1. The van der Waals surface area contributed by atoms with Crippen LogP contribution in [0.5, 0.6) is 11.5 Å². The third-order valence-corrected chi connectivity index (χ3v) is 4.51. The normalized spacial score (nSPS) is 11.6. The van der Waals surface area contributed by atoms with Crippen LogP contribution in [0.25, 0.3) is 21.8 Å². The summed E-state index contributed by atoms with van der Waals surface area (Å²) in [5, 5.41) is 11.8. The van der Waals surface area contributed by atoms with E-state index in [1.54, 1.807) is 12.1 Å². The van der Waals surface area contributed by atoms with Gasteiger partial charge in [0, 0.05) is 35.0 Å². The smallest absolute Gasteiger partial charge is 0.138 e. The lowest BCUT2D eigenvalue weighted by Gasteiger charge is -2.04. The molecule has 136 valence electrons. The molecule has 0 spiro atoms. The maximum atomic E-state index is 9.42. The largest absolute Gasteiger partial charge is 0.506 e. The number of aliphatic imine (C=N–C) groups is 1. The molecule has 0 saturated carbocycles. The molecule has 3 aromatic carbocycles. The van der Waals surface area contributed by atoms with E-state index in [0.717, 1.165) is 22.3 Å². The number of aromatic nitrogens is 1. The molecule has 27 heavy (non-hydrogen) atoms. The predicted molar refractivity (Wildman–Crippen MR) is 111 cm³/mol. The number of nitrogens with one attached hydrogen (secondary N) is 1. The van der Waals surface area contributed by atoms with E-state index in [9.17, 15) is 5.11 Å². The van der Waals surface area contributed by atoms with E-state index in [4.69, 9.17) is 10.5 Å². The second-order valence-corrected chi connectivity index (χ2v) is 6.41. The number of aromatic amines is 1.